The van der Waals surface area contributed by atoms with E-state index in [1.165, 1.54) is 81.6 Å². The number of benzene rings is 3. The first kappa shape index (κ1) is 26.6. The molecular weight excluding hydrogens is 484 g/mol. The first-order valence-electron chi connectivity index (χ1n) is 15.2. The minimum atomic E-state index is -0.159. The van der Waals surface area contributed by atoms with Gasteiger partial charge in [-0.25, -0.2) is 4.98 Å². The molecule has 0 aliphatic carbocycles. The summed E-state index contributed by atoms with van der Waals surface area (Å²) in [7, 11) is 0. The summed E-state index contributed by atoms with van der Waals surface area (Å²) in [6.07, 6.45) is 13.6. The standard InChI is InChI=1S/C38H42N2/c1-6-8-10-11-16-27-21-22-29-30-17-12-13-20-35(30)40-36-31(32(29)23-27)18-14-19-33(36)38(4,5)34-24-28(25-39-37(34)40)26(3)15-9-7-2/h6,8,12-14,17-26H,7,9-11,15-16H2,1-5H3/b8-6-. The molecule has 0 spiro atoms. The van der Waals surface area contributed by atoms with Crippen LogP contribution in [0, 0.1) is 0 Å². The summed E-state index contributed by atoms with van der Waals surface area (Å²) in [5.74, 6) is 1.58. The van der Waals surface area contributed by atoms with Crippen molar-refractivity contribution in [1.82, 2.24) is 4.98 Å². The zero-order valence-corrected chi connectivity index (χ0v) is 24.8. The van der Waals surface area contributed by atoms with Gasteiger partial charge in [0.2, 0.25) is 0 Å². The molecular formula is C38H42N2. The average Bonchev–Trinajstić information content (AvgIpc) is 3.10. The third-order valence-corrected chi connectivity index (χ3v) is 9.15. The van der Waals surface area contributed by atoms with Gasteiger partial charge in [-0.05, 0) is 78.5 Å². The van der Waals surface area contributed by atoms with E-state index in [0.29, 0.717) is 5.92 Å². The van der Waals surface area contributed by atoms with Crippen molar-refractivity contribution in [3.8, 4) is 22.3 Å². The van der Waals surface area contributed by atoms with E-state index in [2.05, 4.69) is 125 Å². The van der Waals surface area contributed by atoms with E-state index in [-0.39, 0.29) is 5.41 Å². The van der Waals surface area contributed by atoms with Gasteiger partial charge in [0.25, 0.3) is 0 Å². The molecule has 2 aliphatic rings. The first-order chi connectivity index (χ1) is 19.5. The zero-order chi connectivity index (χ0) is 27.9. The molecule has 4 aromatic rings. The van der Waals surface area contributed by atoms with Gasteiger partial charge < -0.3 is 0 Å². The summed E-state index contributed by atoms with van der Waals surface area (Å²) in [5, 5.41) is 0. The molecule has 0 fully saturated rings. The van der Waals surface area contributed by atoms with Crippen molar-refractivity contribution in [2.75, 3.05) is 4.90 Å². The minimum absolute atomic E-state index is 0.159. The normalized spacial score (nSPS) is 15.2. The van der Waals surface area contributed by atoms with Crippen LogP contribution in [0.3, 0.4) is 0 Å². The van der Waals surface area contributed by atoms with E-state index < -0.39 is 0 Å². The molecule has 0 saturated heterocycles. The summed E-state index contributed by atoms with van der Waals surface area (Å²) in [5.41, 5.74) is 13.0. The number of hydrogen-bond donors (Lipinski definition) is 0. The number of anilines is 3. The number of nitrogens with zero attached hydrogens (tertiary/aromatic N) is 2. The Hall–Kier alpha value is -3.65. The van der Waals surface area contributed by atoms with Crippen molar-refractivity contribution in [2.45, 2.75) is 84.5 Å². The number of allylic oxidation sites excluding steroid dienone is 2. The van der Waals surface area contributed by atoms with E-state index >= 15 is 0 Å². The van der Waals surface area contributed by atoms with Crippen LogP contribution in [-0.4, -0.2) is 4.98 Å². The molecule has 2 nitrogen and oxygen atoms in total. The van der Waals surface area contributed by atoms with Crippen molar-refractivity contribution < 1.29 is 0 Å². The lowest BCUT2D eigenvalue weighted by Crippen LogP contribution is -2.32. The number of aromatic nitrogens is 1. The largest absolute Gasteiger partial charge is 0.293 e. The quantitative estimate of drug-likeness (QED) is 0.148. The molecule has 3 aromatic carbocycles. The van der Waals surface area contributed by atoms with Gasteiger partial charge in [0.1, 0.15) is 5.82 Å². The van der Waals surface area contributed by atoms with Crippen LogP contribution in [0.4, 0.5) is 17.2 Å². The van der Waals surface area contributed by atoms with Gasteiger partial charge in [-0.1, -0.05) is 107 Å². The molecule has 1 aromatic heterocycles. The second kappa shape index (κ2) is 10.7. The molecule has 3 heterocycles. The number of para-hydroxylation sites is 2. The molecule has 1 atom stereocenters. The van der Waals surface area contributed by atoms with Crippen molar-refractivity contribution in [3.05, 3.63) is 107 Å². The Labute approximate surface area is 240 Å². The highest BCUT2D eigenvalue weighted by molar-refractivity contribution is 6.04. The van der Waals surface area contributed by atoms with Gasteiger partial charge in [0, 0.05) is 28.3 Å². The van der Waals surface area contributed by atoms with Crippen molar-refractivity contribution in [2.24, 2.45) is 0 Å². The van der Waals surface area contributed by atoms with Crippen LogP contribution < -0.4 is 4.90 Å². The summed E-state index contributed by atoms with van der Waals surface area (Å²) >= 11 is 0. The highest BCUT2D eigenvalue weighted by Gasteiger charge is 2.41. The number of pyridine rings is 1. The maximum absolute atomic E-state index is 5.27. The number of aryl methyl sites for hydroxylation is 1. The van der Waals surface area contributed by atoms with Crippen LogP contribution in [0.5, 0.6) is 0 Å². The highest BCUT2D eigenvalue weighted by Crippen LogP contribution is 2.58. The van der Waals surface area contributed by atoms with Gasteiger partial charge in [-0.15, -0.1) is 0 Å². The topological polar surface area (TPSA) is 16.1 Å². The van der Waals surface area contributed by atoms with Crippen LogP contribution in [-0.2, 0) is 11.8 Å². The Bertz CT molecular complexity index is 1570. The van der Waals surface area contributed by atoms with Gasteiger partial charge in [-0.3, -0.25) is 4.90 Å². The number of unbranched alkanes of at least 4 members (excludes halogenated alkanes) is 2. The molecule has 0 N–H and O–H groups in total. The molecule has 6 rings (SSSR count). The van der Waals surface area contributed by atoms with Gasteiger partial charge in [-0.2, -0.15) is 0 Å². The molecule has 0 amide bonds. The SMILES string of the molecule is C/C=C\CCCc1ccc2c(c1)-c1cccc3c1N(c1ccccc1-2)c1ncc(C(C)CCCC)cc1C3(C)C. The third kappa shape index (κ3) is 4.38. The molecule has 2 aliphatic heterocycles. The number of rotatable bonds is 8. The first-order valence-corrected chi connectivity index (χ1v) is 15.2. The molecule has 0 bridgehead atoms. The maximum Gasteiger partial charge on any atom is 0.141 e. The summed E-state index contributed by atoms with van der Waals surface area (Å²) in [6, 6.07) is 25.4. The Balaban J connectivity index is 1.56. The minimum Gasteiger partial charge on any atom is -0.293 e. The van der Waals surface area contributed by atoms with E-state index in [1.54, 1.807) is 0 Å². The fourth-order valence-electron chi connectivity index (χ4n) is 6.74. The number of fused-ring (bicyclic) bond motifs is 7. The fraction of sp³-hybridized carbons (Fsp3) is 0.342. The van der Waals surface area contributed by atoms with Gasteiger partial charge in [0.15, 0.2) is 0 Å². The van der Waals surface area contributed by atoms with E-state index in [1.807, 2.05) is 0 Å². The molecule has 1 unspecified atom stereocenters. The smallest absolute Gasteiger partial charge is 0.141 e. The van der Waals surface area contributed by atoms with Crippen molar-refractivity contribution in [3.63, 3.8) is 0 Å². The second-order valence-corrected chi connectivity index (χ2v) is 12.2. The lowest BCUT2D eigenvalue weighted by atomic mass is 9.73. The highest BCUT2D eigenvalue weighted by atomic mass is 15.2. The van der Waals surface area contributed by atoms with Gasteiger partial charge in [0.05, 0.1) is 11.4 Å². The molecule has 0 radical (unpaired) electrons. The zero-order valence-electron chi connectivity index (χ0n) is 24.8. The van der Waals surface area contributed by atoms with Crippen LogP contribution in [0.15, 0.2) is 85.1 Å². The van der Waals surface area contributed by atoms with Crippen molar-refractivity contribution >= 4 is 17.2 Å². The maximum atomic E-state index is 5.27. The Morgan fingerprint density at radius 1 is 0.875 bits per heavy atom. The Morgan fingerprint density at radius 2 is 1.70 bits per heavy atom. The monoisotopic (exact) mass is 526 g/mol. The molecule has 0 saturated carbocycles. The lowest BCUT2D eigenvalue weighted by Gasteiger charge is -2.42. The average molecular weight is 527 g/mol. The van der Waals surface area contributed by atoms with Crippen LogP contribution in [0.1, 0.15) is 94.9 Å². The summed E-state index contributed by atoms with van der Waals surface area (Å²) in [4.78, 5) is 7.73. The summed E-state index contributed by atoms with van der Waals surface area (Å²) in [6.45, 7) is 11.5. The van der Waals surface area contributed by atoms with Crippen molar-refractivity contribution in [1.29, 1.82) is 0 Å². The fourth-order valence-corrected chi connectivity index (χ4v) is 6.74. The molecule has 40 heavy (non-hydrogen) atoms. The second-order valence-electron chi connectivity index (χ2n) is 12.2. The van der Waals surface area contributed by atoms with Crippen LogP contribution in [0.2, 0.25) is 0 Å². The predicted molar refractivity (Wildman–Crippen MR) is 171 cm³/mol. The van der Waals surface area contributed by atoms with E-state index in [0.717, 1.165) is 18.7 Å². The molecule has 204 valence electrons. The number of hydrogen-bond acceptors (Lipinski definition) is 2. The van der Waals surface area contributed by atoms with Crippen LogP contribution >= 0.6 is 0 Å². The summed E-state index contributed by atoms with van der Waals surface area (Å²) < 4.78 is 0. The van der Waals surface area contributed by atoms with E-state index in [9.17, 15) is 0 Å². The Kier molecular flexibility index (Phi) is 7.13. The lowest BCUT2D eigenvalue weighted by molar-refractivity contribution is 0.605. The van der Waals surface area contributed by atoms with E-state index in [4.69, 9.17) is 4.98 Å². The van der Waals surface area contributed by atoms with Crippen LogP contribution in [0.25, 0.3) is 22.3 Å². The predicted octanol–water partition coefficient (Wildman–Crippen LogP) is 11.0. The Morgan fingerprint density at radius 3 is 2.52 bits per heavy atom. The molecule has 2 heteroatoms. The van der Waals surface area contributed by atoms with Gasteiger partial charge >= 0.3 is 0 Å². The third-order valence-electron chi connectivity index (χ3n) is 9.15.